The smallest absolute Gasteiger partial charge is 0.0253 e. The Morgan fingerprint density at radius 1 is 0.750 bits per heavy atom. The first kappa shape index (κ1) is 29.8. The molecule has 0 atom stereocenters. The molecule has 0 aliphatic heterocycles. The first-order chi connectivity index (χ1) is 16.8. The van der Waals surface area contributed by atoms with E-state index in [4.69, 9.17) is 0 Å². The average molecular weight is 587 g/mol. The Hall–Kier alpha value is -2.44. The predicted molar refractivity (Wildman–Crippen MR) is 141 cm³/mol. The summed E-state index contributed by atoms with van der Waals surface area (Å²) in [7, 11) is 0. The fraction of sp³-hybridized carbons (Fsp3) is 0.0909. The molecule has 5 aromatic carbocycles. The van der Waals surface area contributed by atoms with Crippen LogP contribution in [0.15, 0.2) is 127 Å². The van der Waals surface area contributed by atoms with Crippen LogP contribution in [0.25, 0.3) is 11.1 Å². The van der Waals surface area contributed by atoms with Gasteiger partial charge in [-0.2, -0.15) is 53.6 Å². The molecule has 6 rings (SSSR count). The summed E-state index contributed by atoms with van der Waals surface area (Å²) in [6.45, 7) is 2.16. The van der Waals surface area contributed by atoms with E-state index in [9.17, 15) is 0 Å². The van der Waals surface area contributed by atoms with Crippen LogP contribution >= 0.6 is 0 Å². The number of hydrogen-bond acceptors (Lipinski definition) is 0. The molecule has 5 aromatic rings. The van der Waals surface area contributed by atoms with Gasteiger partial charge in [-0.1, -0.05) is 48.7 Å². The van der Waals surface area contributed by atoms with E-state index in [-0.39, 0.29) is 24.8 Å². The van der Waals surface area contributed by atoms with Crippen LogP contribution in [0.2, 0.25) is 0 Å². The van der Waals surface area contributed by atoms with E-state index in [2.05, 4.69) is 134 Å². The van der Waals surface area contributed by atoms with Gasteiger partial charge in [0.25, 0.3) is 0 Å². The number of rotatable bonds is 3. The largest absolute Gasteiger partial charge is 0.179 e. The van der Waals surface area contributed by atoms with Crippen molar-refractivity contribution in [3.63, 3.8) is 0 Å². The second-order valence-corrected chi connectivity index (χ2v) is 9.38. The summed E-state index contributed by atoms with van der Waals surface area (Å²) in [6, 6.07) is 47.6. The summed E-state index contributed by atoms with van der Waals surface area (Å²) in [5.41, 5.74) is 9.60. The van der Waals surface area contributed by atoms with Crippen molar-refractivity contribution in [2.75, 3.05) is 0 Å². The Morgan fingerprint density at radius 2 is 1.33 bits per heavy atom. The van der Waals surface area contributed by atoms with Crippen molar-refractivity contribution in [1.82, 2.24) is 0 Å². The topological polar surface area (TPSA) is 0 Å². The third-order valence-electron chi connectivity index (χ3n) is 5.88. The summed E-state index contributed by atoms with van der Waals surface area (Å²) in [4.78, 5) is 0. The molecule has 0 bridgehead atoms. The second kappa shape index (κ2) is 15.6. The predicted octanol–water partition coefficient (Wildman–Crippen LogP) is 1.84. The van der Waals surface area contributed by atoms with Crippen LogP contribution in [-0.4, -0.2) is 3.21 Å². The molecule has 36 heavy (non-hydrogen) atoms. The van der Waals surface area contributed by atoms with E-state index in [0.29, 0.717) is 0 Å². The molecule has 1 aliphatic carbocycles. The molecule has 0 amide bonds. The van der Waals surface area contributed by atoms with Gasteiger partial charge in [-0.3, -0.25) is 0 Å². The fourth-order valence-corrected chi connectivity index (χ4v) is 4.84. The van der Waals surface area contributed by atoms with Crippen molar-refractivity contribution in [3.05, 3.63) is 161 Å². The van der Waals surface area contributed by atoms with E-state index in [0.717, 1.165) is 12.8 Å². The number of benzene rings is 4. The number of fused-ring (bicyclic) bond motifs is 3. The zero-order valence-corrected chi connectivity index (χ0v) is 24.3. The van der Waals surface area contributed by atoms with E-state index < -0.39 is 0 Å². The number of halogens is 2. The Bertz CT molecular complexity index is 1230. The van der Waals surface area contributed by atoms with Gasteiger partial charge in [0.15, 0.2) is 0 Å². The molecule has 1 aliphatic rings. The molecule has 0 spiro atoms. The molecule has 0 N–H and O–H groups in total. The quantitative estimate of drug-likeness (QED) is 0.278. The third kappa shape index (κ3) is 8.04. The van der Waals surface area contributed by atoms with Gasteiger partial charge in [-0.25, -0.2) is 6.07 Å². The van der Waals surface area contributed by atoms with Crippen LogP contribution in [0.3, 0.4) is 0 Å². The Morgan fingerprint density at radius 3 is 1.89 bits per heavy atom. The minimum absolute atomic E-state index is 0. The van der Waals surface area contributed by atoms with E-state index in [1.165, 1.54) is 66.4 Å². The third-order valence-corrected chi connectivity index (χ3v) is 7.30. The first-order valence-corrected chi connectivity index (χ1v) is 13.0. The summed E-state index contributed by atoms with van der Waals surface area (Å²) < 4.78 is 1.42. The van der Waals surface area contributed by atoms with Gasteiger partial charge in [-0.05, 0) is 6.42 Å². The molecule has 0 nitrogen and oxygen atoms in total. The molecule has 0 heterocycles. The van der Waals surface area contributed by atoms with E-state index in [1.807, 2.05) is 6.07 Å². The number of aryl methyl sites for hydroxylation is 1. The van der Waals surface area contributed by atoms with Crippen molar-refractivity contribution >= 4 is 3.21 Å². The Labute approximate surface area is 242 Å². The monoisotopic (exact) mass is 584 g/mol. The molecule has 0 radical (unpaired) electrons. The fourth-order valence-electron chi connectivity index (χ4n) is 4.02. The van der Waals surface area contributed by atoms with Crippen molar-refractivity contribution in [1.29, 1.82) is 0 Å². The van der Waals surface area contributed by atoms with Gasteiger partial charge in [0.2, 0.25) is 0 Å². The minimum atomic E-state index is 0. The van der Waals surface area contributed by atoms with Gasteiger partial charge in [0, 0.05) is 0 Å². The summed E-state index contributed by atoms with van der Waals surface area (Å²) in [5, 5.41) is 0. The van der Waals surface area contributed by atoms with Crippen LogP contribution in [0.1, 0.15) is 34.7 Å². The van der Waals surface area contributed by atoms with Crippen LogP contribution in [0, 0.1) is 6.07 Å². The molecular weight excluding hydrogens is 558 g/mol. The van der Waals surface area contributed by atoms with Gasteiger partial charge in [-0.15, -0.1) is 5.56 Å². The van der Waals surface area contributed by atoms with Crippen molar-refractivity contribution in [3.8, 4) is 11.1 Å². The van der Waals surface area contributed by atoms with Crippen LogP contribution < -0.4 is 24.8 Å². The van der Waals surface area contributed by atoms with Crippen LogP contribution in [-0.2, 0) is 37.1 Å². The average Bonchev–Trinajstić information content (AvgIpc) is 3.58. The Balaban J connectivity index is 0.000000194. The maximum Gasteiger partial charge on any atom is -0.0253 e. The zero-order chi connectivity index (χ0) is 23.6. The van der Waals surface area contributed by atoms with Crippen molar-refractivity contribution in [2.24, 2.45) is 0 Å². The van der Waals surface area contributed by atoms with Crippen LogP contribution in [0.5, 0.6) is 0 Å². The molecular formula is C33H28Cl2Zr-2. The Kier molecular flexibility index (Phi) is 12.9. The minimum Gasteiger partial charge on any atom is -0.179 e. The molecule has 0 unspecified atom stereocenters. The molecule has 0 aromatic heterocycles. The van der Waals surface area contributed by atoms with Crippen molar-refractivity contribution in [2.45, 2.75) is 19.8 Å². The molecule has 3 heteroatoms. The maximum absolute atomic E-state index is 3.30. The molecule has 0 saturated carbocycles. The van der Waals surface area contributed by atoms with Gasteiger partial charge in [0.05, 0.1) is 0 Å². The van der Waals surface area contributed by atoms with Gasteiger partial charge in [0.1, 0.15) is 0 Å². The van der Waals surface area contributed by atoms with Crippen LogP contribution in [0.4, 0.5) is 0 Å². The summed E-state index contributed by atoms with van der Waals surface area (Å²) in [5.74, 6) is 0. The summed E-state index contributed by atoms with van der Waals surface area (Å²) in [6.07, 6.45) is 2.21. The molecule has 0 saturated heterocycles. The van der Waals surface area contributed by atoms with E-state index >= 15 is 0 Å². The van der Waals surface area contributed by atoms with Crippen molar-refractivity contribution < 1.29 is 49.0 Å². The first-order valence-electron chi connectivity index (χ1n) is 11.7. The summed E-state index contributed by atoms with van der Waals surface area (Å²) >= 11 is 1.46. The normalized spacial score (nSPS) is 10.1. The second-order valence-electron chi connectivity index (χ2n) is 8.15. The number of hydrogen-bond donors (Lipinski definition) is 0. The zero-order valence-electron chi connectivity index (χ0n) is 20.3. The standard InChI is InChI=1S/C13H9.C13H10.C7H9.2ClH.Zr/c1-3-7-12-10(5-1)9-11-6-2-4-8-13(11)12;1-3-7-12(8-4-1)11-13-9-5-2-6-10-13;1-2-7-5-3-4-6-7;;;/h1-5,7-8H,9H2;1-10H;3-6H,2H2,1H3;2*1H;/q-1;;-1;;;+2/p-2. The van der Waals surface area contributed by atoms with E-state index in [1.54, 1.807) is 0 Å². The molecule has 180 valence electrons. The van der Waals surface area contributed by atoms with Gasteiger partial charge < -0.3 is 24.8 Å². The SMILES string of the molecule is CCc1cc[cH-]c1.[Cl-].[Cl-].[Zr+2]=[C](c1ccccc1)c1ccccc1.[c-]1cccc2c1Cc1ccccc1-2. The maximum atomic E-state index is 3.30. The molecule has 0 fully saturated rings. The van der Waals surface area contributed by atoms with Gasteiger partial charge >= 0.3 is 99.2 Å².